The molecule has 4 nitrogen and oxygen atoms in total. The van der Waals surface area contributed by atoms with E-state index in [1.165, 1.54) is 18.4 Å². The molecule has 0 aliphatic rings. The number of aryl methyl sites for hydroxylation is 2. The lowest BCUT2D eigenvalue weighted by Crippen LogP contribution is -2.04. The molecule has 2 heterocycles. The fourth-order valence-corrected chi connectivity index (χ4v) is 2.63. The average Bonchev–Trinajstić information content (AvgIpc) is 2.82. The van der Waals surface area contributed by atoms with Crippen molar-refractivity contribution >= 4 is 17.3 Å². The number of aromatic nitrogens is 2. The zero-order chi connectivity index (χ0) is 13.1. The van der Waals surface area contributed by atoms with E-state index in [9.17, 15) is 4.79 Å². The highest BCUT2D eigenvalue weighted by Gasteiger charge is 2.18. The number of carbonyl (C=O) groups is 1. The van der Waals surface area contributed by atoms with Crippen molar-refractivity contribution in [3.05, 3.63) is 34.6 Å². The molecule has 2 rings (SSSR count). The first kappa shape index (κ1) is 12.7. The van der Waals surface area contributed by atoms with Crippen LogP contribution in [0.3, 0.4) is 0 Å². The van der Waals surface area contributed by atoms with Gasteiger partial charge >= 0.3 is 5.97 Å². The molecule has 0 saturated carbocycles. The highest BCUT2D eigenvalue weighted by Crippen LogP contribution is 2.29. The molecule has 94 valence electrons. The van der Waals surface area contributed by atoms with Crippen molar-refractivity contribution in [2.45, 2.75) is 20.3 Å². The van der Waals surface area contributed by atoms with Gasteiger partial charge in [0.2, 0.25) is 0 Å². The van der Waals surface area contributed by atoms with Crippen LogP contribution >= 0.6 is 11.3 Å². The van der Waals surface area contributed by atoms with Crippen molar-refractivity contribution in [3.8, 4) is 10.6 Å². The molecule has 0 radical (unpaired) electrons. The third-order valence-electron chi connectivity index (χ3n) is 2.54. The summed E-state index contributed by atoms with van der Waals surface area (Å²) >= 11 is 1.53. The van der Waals surface area contributed by atoms with Crippen LogP contribution in [0.15, 0.2) is 18.3 Å². The Hall–Kier alpha value is -1.75. The van der Waals surface area contributed by atoms with Gasteiger partial charge in [-0.25, -0.2) is 9.78 Å². The zero-order valence-electron chi connectivity index (χ0n) is 10.6. The minimum Gasteiger partial charge on any atom is -0.464 e. The van der Waals surface area contributed by atoms with E-state index in [4.69, 9.17) is 4.74 Å². The number of esters is 1. The zero-order valence-corrected chi connectivity index (χ0v) is 11.4. The number of ether oxygens (including phenoxy) is 1. The van der Waals surface area contributed by atoms with Crippen LogP contribution in [0, 0.1) is 6.92 Å². The summed E-state index contributed by atoms with van der Waals surface area (Å²) in [5.41, 5.74) is 2.34. The number of rotatable bonds is 3. The number of hydrogen-bond acceptors (Lipinski definition) is 5. The molecule has 0 unspecified atom stereocenters. The molecule has 0 aliphatic heterocycles. The Morgan fingerprint density at radius 1 is 1.50 bits per heavy atom. The van der Waals surface area contributed by atoms with Crippen molar-refractivity contribution in [2.75, 3.05) is 7.11 Å². The van der Waals surface area contributed by atoms with Crippen LogP contribution in [0.5, 0.6) is 0 Å². The smallest absolute Gasteiger partial charge is 0.357 e. The average molecular weight is 262 g/mol. The summed E-state index contributed by atoms with van der Waals surface area (Å²) in [6.07, 6.45) is 2.52. The number of methoxy groups -OCH3 is 1. The fraction of sp³-hybridized carbons (Fsp3) is 0.308. The van der Waals surface area contributed by atoms with Gasteiger partial charge < -0.3 is 4.74 Å². The van der Waals surface area contributed by atoms with E-state index in [2.05, 4.69) is 9.97 Å². The SMILES string of the molecule is CCc1sc(-c2ccnc(C)c2)nc1C(=O)OC. The molecule has 0 bridgehead atoms. The first-order valence-electron chi connectivity index (χ1n) is 5.66. The Kier molecular flexibility index (Phi) is 3.72. The lowest BCUT2D eigenvalue weighted by Gasteiger charge is -1.96. The highest BCUT2D eigenvalue weighted by molar-refractivity contribution is 7.15. The standard InChI is InChI=1S/C13H14N2O2S/c1-4-10-11(13(16)17-3)15-12(18-10)9-5-6-14-8(2)7-9/h5-7H,4H2,1-3H3. The van der Waals surface area contributed by atoms with Crippen LogP contribution < -0.4 is 0 Å². The molecule has 0 atom stereocenters. The summed E-state index contributed by atoms with van der Waals surface area (Å²) in [5.74, 6) is -0.375. The van der Waals surface area contributed by atoms with Gasteiger partial charge in [-0.15, -0.1) is 11.3 Å². The lowest BCUT2D eigenvalue weighted by atomic mass is 10.2. The Bertz CT molecular complexity index is 578. The maximum Gasteiger partial charge on any atom is 0.357 e. The van der Waals surface area contributed by atoms with E-state index in [0.29, 0.717) is 5.69 Å². The minimum absolute atomic E-state index is 0.375. The van der Waals surface area contributed by atoms with Crippen LogP contribution in [0.25, 0.3) is 10.6 Å². The summed E-state index contributed by atoms with van der Waals surface area (Å²) < 4.78 is 4.74. The van der Waals surface area contributed by atoms with Crippen LogP contribution in [-0.2, 0) is 11.2 Å². The van der Waals surface area contributed by atoms with E-state index in [-0.39, 0.29) is 5.97 Å². The van der Waals surface area contributed by atoms with Gasteiger partial charge in [0, 0.05) is 22.3 Å². The molecule has 0 aromatic carbocycles. The Morgan fingerprint density at radius 3 is 2.89 bits per heavy atom. The molecule has 0 saturated heterocycles. The molecule has 2 aromatic heterocycles. The van der Waals surface area contributed by atoms with Crippen molar-refractivity contribution < 1.29 is 9.53 Å². The van der Waals surface area contributed by atoms with Gasteiger partial charge in [0.1, 0.15) is 5.01 Å². The molecule has 18 heavy (non-hydrogen) atoms. The van der Waals surface area contributed by atoms with Crippen LogP contribution in [0.1, 0.15) is 28.0 Å². The highest BCUT2D eigenvalue weighted by atomic mass is 32.1. The maximum atomic E-state index is 11.6. The second-order valence-corrected chi connectivity index (χ2v) is 4.91. The molecule has 0 spiro atoms. The Balaban J connectivity index is 2.47. The van der Waals surface area contributed by atoms with Crippen LogP contribution in [0.4, 0.5) is 0 Å². The van der Waals surface area contributed by atoms with E-state index in [1.807, 2.05) is 26.0 Å². The number of nitrogens with zero attached hydrogens (tertiary/aromatic N) is 2. The molecular weight excluding hydrogens is 248 g/mol. The van der Waals surface area contributed by atoms with Crippen molar-refractivity contribution in [1.29, 1.82) is 0 Å². The monoisotopic (exact) mass is 262 g/mol. The number of hydrogen-bond donors (Lipinski definition) is 0. The first-order chi connectivity index (χ1) is 8.65. The second-order valence-electron chi connectivity index (χ2n) is 3.82. The maximum absolute atomic E-state index is 11.6. The summed E-state index contributed by atoms with van der Waals surface area (Å²) in [6, 6.07) is 3.85. The van der Waals surface area contributed by atoms with Gasteiger partial charge in [-0.05, 0) is 25.5 Å². The van der Waals surface area contributed by atoms with Crippen LogP contribution in [0.2, 0.25) is 0 Å². The van der Waals surface area contributed by atoms with E-state index in [0.717, 1.165) is 27.6 Å². The molecule has 0 aliphatic carbocycles. The van der Waals surface area contributed by atoms with Crippen molar-refractivity contribution in [3.63, 3.8) is 0 Å². The Morgan fingerprint density at radius 2 is 2.28 bits per heavy atom. The van der Waals surface area contributed by atoms with Gasteiger partial charge in [-0.3, -0.25) is 4.98 Å². The minimum atomic E-state index is -0.375. The normalized spacial score (nSPS) is 10.4. The van der Waals surface area contributed by atoms with Gasteiger partial charge in [-0.1, -0.05) is 6.92 Å². The Labute approximate surface area is 110 Å². The molecule has 2 aromatic rings. The second kappa shape index (κ2) is 5.27. The quantitative estimate of drug-likeness (QED) is 0.798. The van der Waals surface area contributed by atoms with E-state index in [1.54, 1.807) is 6.20 Å². The van der Waals surface area contributed by atoms with Gasteiger partial charge in [0.05, 0.1) is 7.11 Å². The fourth-order valence-electron chi connectivity index (χ4n) is 1.65. The van der Waals surface area contributed by atoms with Crippen LogP contribution in [-0.4, -0.2) is 23.0 Å². The largest absolute Gasteiger partial charge is 0.464 e. The molecule has 0 fully saturated rings. The van der Waals surface area contributed by atoms with Crippen molar-refractivity contribution in [1.82, 2.24) is 9.97 Å². The van der Waals surface area contributed by atoms with Crippen molar-refractivity contribution in [2.24, 2.45) is 0 Å². The van der Waals surface area contributed by atoms with Gasteiger partial charge in [0.15, 0.2) is 5.69 Å². The molecule has 0 amide bonds. The molecule has 5 heteroatoms. The first-order valence-corrected chi connectivity index (χ1v) is 6.48. The number of pyridine rings is 1. The number of thiazole rings is 1. The number of carbonyl (C=O) groups excluding carboxylic acids is 1. The van der Waals surface area contributed by atoms with E-state index >= 15 is 0 Å². The summed E-state index contributed by atoms with van der Waals surface area (Å²) in [6.45, 7) is 3.93. The van der Waals surface area contributed by atoms with E-state index < -0.39 is 0 Å². The molecular formula is C13H14N2O2S. The predicted molar refractivity (Wildman–Crippen MR) is 70.8 cm³/mol. The third-order valence-corrected chi connectivity index (χ3v) is 3.79. The summed E-state index contributed by atoms with van der Waals surface area (Å²) in [5, 5.41) is 0.831. The summed E-state index contributed by atoms with van der Waals surface area (Å²) in [7, 11) is 1.37. The summed E-state index contributed by atoms with van der Waals surface area (Å²) in [4.78, 5) is 21.1. The topological polar surface area (TPSA) is 52.1 Å². The van der Waals surface area contributed by atoms with Gasteiger partial charge in [-0.2, -0.15) is 0 Å². The lowest BCUT2D eigenvalue weighted by molar-refractivity contribution is 0.0594. The van der Waals surface area contributed by atoms with Gasteiger partial charge in [0.25, 0.3) is 0 Å². The third kappa shape index (κ3) is 2.41. The molecule has 0 N–H and O–H groups in total. The predicted octanol–water partition coefficient (Wildman–Crippen LogP) is 2.86.